The van der Waals surface area contributed by atoms with E-state index in [1.165, 1.54) is 63.9 Å². The van der Waals surface area contributed by atoms with E-state index < -0.39 is 100 Å². The first-order chi connectivity index (χ1) is 24.4. The van der Waals surface area contributed by atoms with Crippen LogP contribution >= 0.6 is 8.58 Å². The lowest BCUT2D eigenvalue weighted by atomic mass is 9.88. The first kappa shape index (κ1) is 51.3. The van der Waals surface area contributed by atoms with E-state index in [9.17, 15) is 70.2 Å². The van der Waals surface area contributed by atoms with E-state index in [0.29, 0.717) is 0 Å². The average Bonchev–Trinajstić information content (AvgIpc) is 3.08. The van der Waals surface area contributed by atoms with Crippen LogP contribution in [0.4, 0.5) is 70.2 Å². The molecule has 0 aliphatic rings. The van der Waals surface area contributed by atoms with Crippen molar-refractivity contribution in [1.82, 2.24) is 0 Å². The Bertz CT molecular complexity index is 1350. The third kappa shape index (κ3) is 13.5. The summed E-state index contributed by atoms with van der Waals surface area (Å²) in [6.07, 6.45) is 0.861. The second-order valence-electron chi connectivity index (χ2n) is 13.1. The molecule has 0 spiro atoms. The SMILES string of the molecule is CCC[CH2][Al-]([CH2]CCC)([CH2]CCC)[CH2]CCC.CCC[PH2+]C.Fc1c(F)c(F)c(-c2c(C(F)(F)F)c(F)c(F)c(F)c2C(F)(F)C(F)(F)F)c(F)c1F. The van der Waals surface area contributed by atoms with Gasteiger partial charge in [0.15, 0.2) is 40.7 Å². The standard InChI is InChI=1S/C15F16.C4H11P.4C4H9.Al/c16-5-2(6(17)10(21)12(23)9(5)20)1-3(13(24,25)15(29,30)31)7(18)11(22)8(19)4(1)14(26,27)28;1-3-4-5-2;4*1-3-4-2;/h;5H,3-4H2,1-2H3;4*1,3-4H2,2H3;/q;;;;;;-1/p+1. The van der Waals surface area contributed by atoms with Crippen LogP contribution in [0.15, 0.2) is 0 Å². The molecule has 0 saturated carbocycles. The van der Waals surface area contributed by atoms with Gasteiger partial charge in [-0.25, -0.2) is 35.1 Å². The first-order valence-electron chi connectivity index (χ1n) is 17.7. The fourth-order valence-corrected chi connectivity index (χ4v) is 13.5. The average molecular weight is 831 g/mol. The molecule has 0 amide bonds. The Morgan fingerprint density at radius 3 is 1.02 bits per heavy atom. The predicted molar refractivity (Wildman–Crippen MR) is 182 cm³/mol. The van der Waals surface area contributed by atoms with Gasteiger partial charge in [-0.1, -0.05) is 86.0 Å². The molecule has 2 aromatic carbocycles. The molecule has 2 aromatic rings. The maximum atomic E-state index is 13.9. The molecule has 0 heterocycles. The van der Waals surface area contributed by atoms with Gasteiger partial charge < -0.3 is 0 Å². The molecule has 18 heteroatoms. The lowest BCUT2D eigenvalue weighted by Gasteiger charge is -2.36. The molecular formula is C35H48AlF16P. The number of halogens is 16. The molecule has 0 saturated heterocycles. The summed E-state index contributed by atoms with van der Waals surface area (Å²) in [5, 5.41) is 6.62. The largest absolute Gasteiger partial charge is 0.458 e. The lowest BCUT2D eigenvalue weighted by Crippen LogP contribution is -2.36. The molecule has 0 aliphatic heterocycles. The van der Waals surface area contributed by atoms with Gasteiger partial charge in [-0.3, -0.25) is 0 Å². The lowest BCUT2D eigenvalue weighted by molar-refractivity contribution is -0.290. The second kappa shape index (κ2) is 22.7. The second-order valence-corrected chi connectivity index (χ2v) is 20.2. The smallest absolute Gasteiger partial charge is 0.203 e. The van der Waals surface area contributed by atoms with Crippen LogP contribution in [0.1, 0.15) is 104 Å². The topological polar surface area (TPSA) is 0 Å². The van der Waals surface area contributed by atoms with E-state index in [0.717, 1.165) is 8.58 Å². The summed E-state index contributed by atoms with van der Waals surface area (Å²) in [6, 6.07) is 0. The zero-order chi connectivity index (χ0) is 41.5. The Hall–Kier alpha value is -1.72. The van der Waals surface area contributed by atoms with E-state index in [4.69, 9.17) is 0 Å². The first-order valence-corrected chi connectivity index (χ1v) is 22.9. The Labute approximate surface area is 305 Å². The number of hydrogen-bond acceptors (Lipinski definition) is 0. The Kier molecular flexibility index (Phi) is 22.0. The van der Waals surface area contributed by atoms with Gasteiger partial charge in [0.25, 0.3) is 0 Å². The van der Waals surface area contributed by atoms with Crippen LogP contribution in [0.5, 0.6) is 0 Å². The fraction of sp³-hybridized carbons (Fsp3) is 0.657. The number of unbranched alkanes of at least 4 members (excludes halogenated alkanes) is 4. The van der Waals surface area contributed by atoms with Crippen molar-refractivity contribution in [2.24, 2.45) is 0 Å². The van der Waals surface area contributed by atoms with E-state index in [-0.39, 0.29) is 0 Å². The number of hydrogen-bond donors (Lipinski definition) is 0. The number of alkyl halides is 8. The third-order valence-electron chi connectivity index (χ3n) is 9.00. The molecule has 1 unspecified atom stereocenters. The van der Waals surface area contributed by atoms with Crippen LogP contribution in [0.2, 0.25) is 21.1 Å². The molecule has 0 N–H and O–H groups in total. The van der Waals surface area contributed by atoms with E-state index >= 15 is 0 Å². The van der Waals surface area contributed by atoms with E-state index in [1.807, 2.05) is 0 Å². The molecule has 2 rings (SSSR count). The van der Waals surface area contributed by atoms with Gasteiger partial charge in [0.2, 0.25) is 5.82 Å². The van der Waals surface area contributed by atoms with Crippen molar-refractivity contribution in [1.29, 1.82) is 0 Å². The van der Waals surface area contributed by atoms with Crippen LogP contribution in [-0.4, -0.2) is 32.1 Å². The molecule has 0 fully saturated rings. The fourth-order valence-electron chi connectivity index (χ4n) is 6.14. The Morgan fingerprint density at radius 1 is 0.434 bits per heavy atom. The highest BCUT2D eigenvalue weighted by Gasteiger charge is 2.63. The zero-order valence-corrected chi connectivity index (χ0v) is 32.9. The van der Waals surface area contributed by atoms with Gasteiger partial charge in [0.05, 0.1) is 17.3 Å². The molecule has 1 atom stereocenters. The molecular weight excluding hydrogens is 782 g/mol. The van der Waals surface area contributed by atoms with Gasteiger partial charge in [-0.05, 0) is 15.0 Å². The molecule has 0 aromatic heterocycles. The molecule has 0 aliphatic carbocycles. The summed E-state index contributed by atoms with van der Waals surface area (Å²) in [4.78, 5) is 0. The summed E-state index contributed by atoms with van der Waals surface area (Å²) in [6.45, 7) is 14.0. The van der Waals surface area contributed by atoms with Crippen molar-refractivity contribution >= 4 is 21.7 Å². The van der Waals surface area contributed by atoms with Crippen molar-refractivity contribution in [3.8, 4) is 11.1 Å². The zero-order valence-electron chi connectivity index (χ0n) is 30.6. The number of benzene rings is 2. The van der Waals surface area contributed by atoms with Crippen LogP contribution in [0.25, 0.3) is 11.1 Å². The van der Waals surface area contributed by atoms with Gasteiger partial charge in [-0.2, -0.15) is 56.3 Å². The highest BCUT2D eigenvalue weighted by atomic mass is 31.1. The van der Waals surface area contributed by atoms with Crippen LogP contribution in [-0.2, 0) is 12.1 Å². The highest BCUT2D eigenvalue weighted by molar-refractivity contribution is 7.36. The minimum Gasteiger partial charge on any atom is -0.203 e. The molecule has 0 nitrogen and oxygen atoms in total. The number of rotatable bonds is 16. The summed E-state index contributed by atoms with van der Waals surface area (Å²) < 4.78 is 214. The normalized spacial score (nSPS) is 12.6. The van der Waals surface area contributed by atoms with Crippen molar-refractivity contribution < 1.29 is 70.2 Å². The van der Waals surface area contributed by atoms with Gasteiger partial charge >= 0.3 is 18.3 Å². The summed E-state index contributed by atoms with van der Waals surface area (Å²) >= 11 is -1.20. The minimum absolute atomic E-state index is 0.786. The van der Waals surface area contributed by atoms with Crippen molar-refractivity contribution in [2.75, 3.05) is 12.8 Å². The van der Waals surface area contributed by atoms with Crippen molar-refractivity contribution in [3.63, 3.8) is 0 Å². The third-order valence-corrected chi connectivity index (χ3v) is 16.7. The predicted octanol–water partition coefficient (Wildman–Crippen LogP) is 15.2. The molecule has 53 heavy (non-hydrogen) atoms. The van der Waals surface area contributed by atoms with E-state index in [1.54, 1.807) is 21.1 Å². The molecule has 0 bridgehead atoms. The van der Waals surface area contributed by atoms with Crippen LogP contribution < -0.4 is 0 Å². The highest BCUT2D eigenvalue weighted by Crippen LogP contribution is 2.53. The van der Waals surface area contributed by atoms with E-state index in [2.05, 4.69) is 41.3 Å². The van der Waals surface area contributed by atoms with Gasteiger partial charge in [-0.15, -0.1) is 0 Å². The summed E-state index contributed by atoms with van der Waals surface area (Å²) in [5.41, 5.74) is -14.2. The van der Waals surface area contributed by atoms with Crippen LogP contribution in [0.3, 0.4) is 0 Å². The van der Waals surface area contributed by atoms with Gasteiger partial charge in [0.1, 0.15) is 18.6 Å². The monoisotopic (exact) mass is 830 g/mol. The molecule has 308 valence electrons. The minimum atomic E-state index is -7.10. The Balaban J connectivity index is 0.00000103. The maximum absolute atomic E-state index is 13.9. The van der Waals surface area contributed by atoms with Crippen LogP contribution in [0, 0.1) is 46.5 Å². The molecule has 0 radical (unpaired) electrons. The maximum Gasteiger partial charge on any atom is 0.458 e. The summed E-state index contributed by atoms with van der Waals surface area (Å²) in [7, 11) is 0.786. The van der Waals surface area contributed by atoms with Crippen molar-refractivity contribution in [3.05, 3.63) is 57.7 Å². The quantitative estimate of drug-likeness (QED) is 0.0520. The van der Waals surface area contributed by atoms with Gasteiger partial charge in [0, 0.05) is 12.2 Å². The van der Waals surface area contributed by atoms with Crippen molar-refractivity contribution in [2.45, 2.75) is 132 Å². The summed E-state index contributed by atoms with van der Waals surface area (Å²) in [5.74, 6) is -34.1. The Morgan fingerprint density at radius 2 is 0.755 bits per heavy atom.